The predicted molar refractivity (Wildman–Crippen MR) is 120 cm³/mol. The van der Waals surface area contributed by atoms with Crippen molar-refractivity contribution in [1.29, 1.82) is 0 Å². The van der Waals surface area contributed by atoms with Gasteiger partial charge in [-0.15, -0.1) is 0 Å². The van der Waals surface area contributed by atoms with E-state index in [4.69, 9.17) is 35.4 Å². The Morgan fingerprint density at radius 1 is 1.00 bits per heavy atom. The number of halogens is 2. The molecule has 3 nitrogen and oxygen atoms in total. The summed E-state index contributed by atoms with van der Waals surface area (Å²) in [5, 5.41) is 8.96. The number of benzene rings is 1. The molecule has 1 aromatic rings. The number of hydrogen-bond donors (Lipinski definition) is 2. The molecular formula is C20H31Cl2N3S. The Hall–Kier alpha value is -0.840. The van der Waals surface area contributed by atoms with Crippen LogP contribution in [0, 0.1) is 0 Å². The molecular weight excluding hydrogens is 385 g/mol. The zero-order valence-corrected chi connectivity index (χ0v) is 18.0. The third-order valence-electron chi connectivity index (χ3n) is 4.15. The number of unbranched alkanes of at least 4 members (excludes halogenated alkanes) is 9. The third kappa shape index (κ3) is 11.7. The normalized spacial score (nSPS) is 11.0. The maximum absolute atomic E-state index is 6.08. The van der Waals surface area contributed by atoms with Crippen LogP contribution in [0.15, 0.2) is 23.3 Å². The Balaban J connectivity index is 1.99. The summed E-state index contributed by atoms with van der Waals surface area (Å²) >= 11 is 17.1. The first-order chi connectivity index (χ1) is 12.6. The van der Waals surface area contributed by atoms with Crippen LogP contribution >= 0.6 is 35.4 Å². The lowest BCUT2D eigenvalue weighted by molar-refractivity contribution is 0.554. The minimum Gasteiger partial charge on any atom is -0.361 e. The van der Waals surface area contributed by atoms with E-state index in [1.165, 1.54) is 57.8 Å². The van der Waals surface area contributed by atoms with E-state index in [-0.39, 0.29) is 0 Å². The van der Waals surface area contributed by atoms with Gasteiger partial charge in [0, 0.05) is 17.1 Å². The lowest BCUT2D eigenvalue weighted by Gasteiger charge is -2.07. The maximum atomic E-state index is 6.08. The first-order valence-electron chi connectivity index (χ1n) is 9.65. The van der Waals surface area contributed by atoms with Crippen molar-refractivity contribution in [2.45, 2.75) is 71.1 Å². The van der Waals surface area contributed by atoms with Gasteiger partial charge < -0.3 is 5.32 Å². The molecule has 0 heterocycles. The largest absolute Gasteiger partial charge is 0.361 e. The molecule has 0 aliphatic rings. The van der Waals surface area contributed by atoms with Crippen molar-refractivity contribution in [3.05, 3.63) is 33.8 Å². The molecule has 0 aromatic heterocycles. The van der Waals surface area contributed by atoms with Crippen LogP contribution < -0.4 is 10.7 Å². The van der Waals surface area contributed by atoms with E-state index in [9.17, 15) is 0 Å². The monoisotopic (exact) mass is 415 g/mol. The zero-order chi connectivity index (χ0) is 19.0. The Morgan fingerprint density at radius 3 is 2.23 bits per heavy atom. The summed E-state index contributed by atoms with van der Waals surface area (Å²) in [6, 6.07) is 5.28. The van der Waals surface area contributed by atoms with Crippen LogP contribution in [-0.2, 0) is 0 Å². The molecule has 6 heteroatoms. The molecule has 0 bridgehead atoms. The lowest BCUT2D eigenvalue weighted by atomic mass is 10.1. The Kier molecular flexibility index (Phi) is 13.6. The highest BCUT2D eigenvalue weighted by Crippen LogP contribution is 2.19. The van der Waals surface area contributed by atoms with Gasteiger partial charge in [0.25, 0.3) is 0 Å². The van der Waals surface area contributed by atoms with Crippen LogP contribution in [0.2, 0.25) is 10.0 Å². The highest BCUT2D eigenvalue weighted by Gasteiger charge is 1.98. The predicted octanol–water partition coefficient (Wildman–Crippen LogP) is 6.71. The zero-order valence-electron chi connectivity index (χ0n) is 15.7. The highest BCUT2D eigenvalue weighted by molar-refractivity contribution is 7.80. The number of hydrogen-bond acceptors (Lipinski definition) is 2. The SMILES string of the molecule is CCCCCCCCCCCCNC(=S)NN=Cc1ccc(Cl)cc1Cl. The van der Waals surface area contributed by atoms with Gasteiger partial charge in [0.1, 0.15) is 0 Å². The second kappa shape index (κ2) is 15.2. The topological polar surface area (TPSA) is 36.4 Å². The summed E-state index contributed by atoms with van der Waals surface area (Å²) in [5.74, 6) is 0. The first-order valence-corrected chi connectivity index (χ1v) is 10.8. The number of nitrogens with zero attached hydrogens (tertiary/aromatic N) is 1. The molecule has 0 fully saturated rings. The molecule has 0 spiro atoms. The molecule has 0 radical (unpaired) electrons. The summed E-state index contributed by atoms with van der Waals surface area (Å²) in [5.41, 5.74) is 3.60. The highest BCUT2D eigenvalue weighted by atomic mass is 35.5. The van der Waals surface area contributed by atoms with Gasteiger partial charge in [-0.25, -0.2) is 0 Å². The average molecular weight is 416 g/mol. The fourth-order valence-corrected chi connectivity index (χ4v) is 3.23. The van der Waals surface area contributed by atoms with Crippen LogP contribution in [0.4, 0.5) is 0 Å². The van der Waals surface area contributed by atoms with Gasteiger partial charge in [-0.3, -0.25) is 5.43 Å². The van der Waals surface area contributed by atoms with Crippen molar-refractivity contribution >= 4 is 46.7 Å². The molecule has 0 saturated heterocycles. The summed E-state index contributed by atoms with van der Waals surface area (Å²) in [6.45, 7) is 3.14. The minimum atomic E-state index is 0.530. The van der Waals surface area contributed by atoms with Crippen LogP contribution in [0.1, 0.15) is 76.7 Å². The molecule has 0 atom stereocenters. The van der Waals surface area contributed by atoms with Gasteiger partial charge >= 0.3 is 0 Å². The van der Waals surface area contributed by atoms with Crippen LogP contribution in [-0.4, -0.2) is 17.9 Å². The molecule has 1 rings (SSSR count). The number of rotatable bonds is 13. The van der Waals surface area contributed by atoms with Gasteiger partial charge in [-0.05, 0) is 30.8 Å². The molecule has 0 unspecified atom stereocenters. The lowest BCUT2D eigenvalue weighted by Crippen LogP contribution is -2.32. The number of thiocarbonyl (C=S) groups is 1. The average Bonchev–Trinajstić information content (AvgIpc) is 2.61. The van der Waals surface area contributed by atoms with E-state index in [0.29, 0.717) is 15.2 Å². The summed E-state index contributed by atoms with van der Waals surface area (Å²) < 4.78 is 0. The van der Waals surface area contributed by atoms with Crippen LogP contribution in [0.5, 0.6) is 0 Å². The number of nitrogens with one attached hydrogen (secondary N) is 2. The summed E-state index contributed by atoms with van der Waals surface area (Å²) in [6.07, 6.45) is 14.9. The number of hydrazone groups is 1. The van der Waals surface area contributed by atoms with Gasteiger partial charge in [0.2, 0.25) is 0 Å². The summed E-state index contributed by atoms with van der Waals surface area (Å²) in [7, 11) is 0. The van der Waals surface area contributed by atoms with Gasteiger partial charge in [0.05, 0.1) is 11.2 Å². The Morgan fingerprint density at radius 2 is 1.62 bits per heavy atom. The van der Waals surface area contributed by atoms with Crippen molar-refractivity contribution < 1.29 is 0 Å². The van der Waals surface area contributed by atoms with Gasteiger partial charge in [0.15, 0.2) is 5.11 Å². The molecule has 146 valence electrons. The second-order valence-corrected chi connectivity index (χ2v) is 7.73. The van der Waals surface area contributed by atoms with Gasteiger partial charge in [-0.2, -0.15) is 5.10 Å². The van der Waals surface area contributed by atoms with E-state index in [0.717, 1.165) is 18.5 Å². The minimum absolute atomic E-state index is 0.530. The Labute approximate surface area is 173 Å². The maximum Gasteiger partial charge on any atom is 0.186 e. The molecule has 1 aromatic carbocycles. The fraction of sp³-hybridized carbons (Fsp3) is 0.600. The summed E-state index contributed by atoms with van der Waals surface area (Å²) in [4.78, 5) is 0. The van der Waals surface area contributed by atoms with Crippen molar-refractivity contribution in [1.82, 2.24) is 10.7 Å². The smallest absolute Gasteiger partial charge is 0.186 e. The van der Waals surface area contributed by atoms with Crippen molar-refractivity contribution in [2.75, 3.05) is 6.54 Å². The van der Waals surface area contributed by atoms with Crippen LogP contribution in [0.25, 0.3) is 0 Å². The molecule has 0 aliphatic carbocycles. The van der Waals surface area contributed by atoms with E-state index in [1.54, 1.807) is 18.3 Å². The van der Waals surface area contributed by atoms with Crippen molar-refractivity contribution in [2.24, 2.45) is 5.10 Å². The van der Waals surface area contributed by atoms with Gasteiger partial charge in [-0.1, -0.05) is 94.0 Å². The Bertz CT molecular complexity index is 550. The van der Waals surface area contributed by atoms with Crippen LogP contribution in [0.3, 0.4) is 0 Å². The van der Waals surface area contributed by atoms with E-state index >= 15 is 0 Å². The van der Waals surface area contributed by atoms with E-state index < -0.39 is 0 Å². The fourth-order valence-electron chi connectivity index (χ4n) is 2.62. The third-order valence-corrected chi connectivity index (χ3v) is 4.95. The molecule has 2 N–H and O–H groups in total. The van der Waals surface area contributed by atoms with Crippen molar-refractivity contribution in [3.63, 3.8) is 0 Å². The second-order valence-electron chi connectivity index (χ2n) is 6.47. The van der Waals surface area contributed by atoms with E-state index in [2.05, 4.69) is 22.8 Å². The molecule has 0 saturated carbocycles. The standard InChI is InChI=1S/C20H31Cl2N3S/c1-2-3-4-5-6-7-8-9-10-11-14-23-20(26)25-24-16-17-12-13-18(21)15-19(17)22/h12-13,15-16H,2-11,14H2,1H3,(H2,23,25,26). The molecule has 0 aliphatic heterocycles. The van der Waals surface area contributed by atoms with E-state index in [1.807, 2.05) is 6.07 Å². The first kappa shape index (κ1) is 23.2. The quantitative estimate of drug-likeness (QED) is 0.162. The molecule has 26 heavy (non-hydrogen) atoms. The van der Waals surface area contributed by atoms with Crippen molar-refractivity contribution in [3.8, 4) is 0 Å². The molecule has 0 amide bonds.